The van der Waals surface area contributed by atoms with Crippen LogP contribution in [0.25, 0.3) is 6.08 Å². The second-order valence-corrected chi connectivity index (χ2v) is 5.99. The number of hydrogen-bond donors (Lipinski definition) is 2. The summed E-state index contributed by atoms with van der Waals surface area (Å²) in [6, 6.07) is 14.1. The molecular formula is C21H21N3O4. The van der Waals surface area contributed by atoms with E-state index in [9.17, 15) is 9.90 Å². The number of anilines is 1. The molecule has 0 aliphatic heterocycles. The number of ether oxygens (including phenoxy) is 2. The average Bonchev–Trinajstić information content (AvgIpc) is 3.10. The number of hydrogen-bond acceptors (Lipinski definition) is 5. The first-order valence-electron chi connectivity index (χ1n) is 8.61. The van der Waals surface area contributed by atoms with E-state index in [0.717, 1.165) is 5.56 Å². The number of methoxy groups -OCH3 is 1. The van der Waals surface area contributed by atoms with Crippen molar-refractivity contribution < 1.29 is 19.4 Å². The third-order valence-corrected chi connectivity index (χ3v) is 4.06. The van der Waals surface area contributed by atoms with Crippen molar-refractivity contribution in [3.05, 3.63) is 71.9 Å². The molecule has 0 aliphatic rings. The van der Waals surface area contributed by atoms with Gasteiger partial charge in [-0.25, -0.2) is 4.68 Å². The van der Waals surface area contributed by atoms with Gasteiger partial charge in [0.05, 0.1) is 13.3 Å². The van der Waals surface area contributed by atoms with E-state index in [4.69, 9.17) is 9.47 Å². The van der Waals surface area contributed by atoms with E-state index in [2.05, 4.69) is 10.4 Å². The molecule has 1 aromatic heterocycles. The Hall–Kier alpha value is -3.74. The fourth-order valence-electron chi connectivity index (χ4n) is 2.58. The fourth-order valence-corrected chi connectivity index (χ4v) is 2.58. The molecule has 28 heavy (non-hydrogen) atoms. The lowest BCUT2D eigenvalue weighted by Crippen LogP contribution is -2.11. The van der Waals surface area contributed by atoms with E-state index in [1.807, 2.05) is 24.3 Å². The van der Waals surface area contributed by atoms with Crippen molar-refractivity contribution >= 4 is 17.7 Å². The Morgan fingerprint density at radius 1 is 1.25 bits per heavy atom. The van der Waals surface area contributed by atoms with Gasteiger partial charge in [-0.3, -0.25) is 4.79 Å². The number of amides is 1. The van der Waals surface area contributed by atoms with Crippen molar-refractivity contribution in [3.63, 3.8) is 0 Å². The minimum absolute atomic E-state index is 0.0164. The van der Waals surface area contributed by atoms with Gasteiger partial charge in [0.1, 0.15) is 6.61 Å². The van der Waals surface area contributed by atoms with Crippen molar-refractivity contribution in [2.45, 2.75) is 6.61 Å². The number of benzene rings is 2. The molecule has 0 saturated carbocycles. The lowest BCUT2D eigenvalue weighted by molar-refractivity contribution is -0.111. The van der Waals surface area contributed by atoms with Crippen LogP contribution in [0.3, 0.4) is 0 Å². The molecule has 2 aromatic carbocycles. The van der Waals surface area contributed by atoms with Gasteiger partial charge in [0.25, 0.3) is 0 Å². The zero-order valence-corrected chi connectivity index (χ0v) is 15.6. The van der Waals surface area contributed by atoms with E-state index in [1.165, 1.54) is 19.3 Å². The number of para-hydroxylation sites is 1. The fraction of sp³-hybridized carbons (Fsp3) is 0.143. The number of rotatable bonds is 7. The smallest absolute Gasteiger partial charge is 0.248 e. The van der Waals surface area contributed by atoms with Crippen LogP contribution in [0.5, 0.6) is 17.4 Å². The van der Waals surface area contributed by atoms with Crippen molar-refractivity contribution in [1.29, 1.82) is 0 Å². The van der Waals surface area contributed by atoms with Gasteiger partial charge in [-0.1, -0.05) is 24.3 Å². The Bertz CT molecular complexity index is 995. The molecule has 1 heterocycles. The summed E-state index contributed by atoms with van der Waals surface area (Å²) in [6.07, 6.45) is 4.67. The molecule has 0 aliphatic carbocycles. The summed E-state index contributed by atoms with van der Waals surface area (Å²) in [6.45, 7) is 0.298. The van der Waals surface area contributed by atoms with E-state index in [1.54, 1.807) is 42.2 Å². The molecule has 0 bridgehead atoms. The van der Waals surface area contributed by atoms with E-state index in [-0.39, 0.29) is 11.7 Å². The van der Waals surface area contributed by atoms with Crippen molar-refractivity contribution in [3.8, 4) is 17.4 Å². The molecule has 144 valence electrons. The predicted octanol–water partition coefficient (Wildman–Crippen LogP) is 3.37. The Morgan fingerprint density at radius 3 is 2.79 bits per heavy atom. The first-order valence-corrected chi connectivity index (χ1v) is 8.61. The van der Waals surface area contributed by atoms with Gasteiger partial charge in [-0.2, -0.15) is 5.10 Å². The Morgan fingerprint density at radius 2 is 2.07 bits per heavy atom. The molecule has 0 atom stereocenters. The number of carbonyl (C=O) groups excluding carboxylic acids is 1. The molecule has 3 aromatic rings. The summed E-state index contributed by atoms with van der Waals surface area (Å²) in [5, 5.41) is 16.7. The number of carbonyl (C=O) groups is 1. The Labute approximate surface area is 162 Å². The second-order valence-electron chi connectivity index (χ2n) is 5.99. The molecule has 0 radical (unpaired) electrons. The maximum absolute atomic E-state index is 12.3. The molecule has 0 saturated heterocycles. The number of phenols is 1. The second kappa shape index (κ2) is 8.77. The number of aryl methyl sites for hydroxylation is 1. The molecule has 0 unspecified atom stereocenters. The highest BCUT2D eigenvalue weighted by molar-refractivity contribution is 6.02. The molecule has 7 heteroatoms. The van der Waals surface area contributed by atoms with Gasteiger partial charge >= 0.3 is 0 Å². The molecule has 3 rings (SSSR count). The summed E-state index contributed by atoms with van der Waals surface area (Å²) in [7, 11) is 3.28. The van der Waals surface area contributed by atoms with E-state index >= 15 is 0 Å². The summed E-state index contributed by atoms with van der Waals surface area (Å²) < 4.78 is 12.4. The van der Waals surface area contributed by atoms with Crippen LogP contribution in [-0.2, 0) is 18.4 Å². The van der Waals surface area contributed by atoms with Crippen LogP contribution < -0.4 is 14.8 Å². The number of nitrogens with zero attached hydrogens (tertiary/aromatic N) is 2. The minimum Gasteiger partial charge on any atom is -0.504 e. The molecule has 2 N–H and O–H groups in total. The van der Waals surface area contributed by atoms with Crippen LogP contribution in [0.1, 0.15) is 11.1 Å². The van der Waals surface area contributed by atoms with Gasteiger partial charge in [-0.15, -0.1) is 0 Å². The number of nitrogens with one attached hydrogen (secondary N) is 1. The zero-order valence-electron chi connectivity index (χ0n) is 15.6. The molecule has 0 fully saturated rings. The quantitative estimate of drug-likeness (QED) is 0.615. The van der Waals surface area contributed by atoms with Crippen LogP contribution in [-0.4, -0.2) is 27.9 Å². The predicted molar refractivity (Wildman–Crippen MR) is 106 cm³/mol. The van der Waals surface area contributed by atoms with Crippen LogP contribution >= 0.6 is 0 Å². The van der Waals surface area contributed by atoms with Gasteiger partial charge in [0, 0.05) is 30.4 Å². The Balaban J connectivity index is 1.65. The standard InChI is InChI=1S/C21H21N3O4/c1-24-21(11-12-22-24)28-14-16-5-3-4-6-17(16)23-20(26)10-8-15-7-9-19(27-2)18(25)13-15/h3-13,25H,14H2,1-2H3,(H,23,26)/b10-8+. The highest BCUT2D eigenvalue weighted by Crippen LogP contribution is 2.26. The zero-order chi connectivity index (χ0) is 19.9. The molecule has 1 amide bonds. The van der Waals surface area contributed by atoms with Gasteiger partial charge < -0.3 is 19.9 Å². The lowest BCUT2D eigenvalue weighted by atomic mass is 10.1. The largest absolute Gasteiger partial charge is 0.504 e. The molecule has 0 spiro atoms. The third-order valence-electron chi connectivity index (χ3n) is 4.06. The first-order chi connectivity index (χ1) is 13.6. The van der Waals surface area contributed by atoms with E-state index in [0.29, 0.717) is 29.5 Å². The SMILES string of the molecule is COc1ccc(/C=C/C(=O)Nc2ccccc2COc2ccnn2C)cc1O. The van der Waals surface area contributed by atoms with Crippen molar-refractivity contribution in [1.82, 2.24) is 9.78 Å². The topological polar surface area (TPSA) is 85.6 Å². The number of aromatic nitrogens is 2. The van der Waals surface area contributed by atoms with Gasteiger partial charge in [-0.05, 0) is 29.8 Å². The summed E-state index contributed by atoms with van der Waals surface area (Å²) in [5.74, 6) is 0.746. The highest BCUT2D eigenvalue weighted by atomic mass is 16.5. The monoisotopic (exact) mass is 379 g/mol. The molecule has 7 nitrogen and oxygen atoms in total. The van der Waals surface area contributed by atoms with Gasteiger partial charge in [0.2, 0.25) is 11.8 Å². The Kier molecular flexibility index (Phi) is 5.96. The molecular weight excluding hydrogens is 358 g/mol. The normalized spacial score (nSPS) is 10.8. The van der Waals surface area contributed by atoms with E-state index < -0.39 is 0 Å². The first kappa shape index (κ1) is 19.0. The average molecular weight is 379 g/mol. The maximum Gasteiger partial charge on any atom is 0.248 e. The summed E-state index contributed by atoms with van der Waals surface area (Å²) in [5.41, 5.74) is 2.19. The summed E-state index contributed by atoms with van der Waals surface area (Å²) in [4.78, 5) is 12.3. The van der Waals surface area contributed by atoms with Crippen LogP contribution in [0.4, 0.5) is 5.69 Å². The third kappa shape index (κ3) is 4.70. The van der Waals surface area contributed by atoms with Gasteiger partial charge in [0.15, 0.2) is 11.5 Å². The highest BCUT2D eigenvalue weighted by Gasteiger charge is 2.07. The van der Waals surface area contributed by atoms with Crippen molar-refractivity contribution in [2.75, 3.05) is 12.4 Å². The van der Waals surface area contributed by atoms with Crippen molar-refractivity contribution in [2.24, 2.45) is 7.05 Å². The van der Waals surface area contributed by atoms with Crippen LogP contribution in [0.15, 0.2) is 60.8 Å². The number of phenolic OH excluding ortho intramolecular Hbond substituents is 1. The summed E-state index contributed by atoms with van der Waals surface area (Å²) >= 11 is 0. The van der Waals surface area contributed by atoms with Crippen LogP contribution in [0, 0.1) is 0 Å². The number of aromatic hydroxyl groups is 1. The maximum atomic E-state index is 12.3. The lowest BCUT2D eigenvalue weighted by Gasteiger charge is -2.11. The minimum atomic E-state index is -0.289. The van der Waals surface area contributed by atoms with Crippen LogP contribution in [0.2, 0.25) is 0 Å².